The van der Waals surface area contributed by atoms with E-state index in [0.717, 1.165) is 12.5 Å². The number of aromatic nitrogens is 3. The fraction of sp³-hybridized carbons (Fsp3) is 0.615. The van der Waals surface area contributed by atoms with Crippen LogP contribution in [0.25, 0.3) is 5.65 Å². The lowest BCUT2D eigenvalue weighted by molar-refractivity contribution is 0.643. The van der Waals surface area contributed by atoms with E-state index in [2.05, 4.69) is 17.0 Å². The van der Waals surface area contributed by atoms with E-state index < -0.39 is 0 Å². The molecule has 0 spiro atoms. The van der Waals surface area contributed by atoms with E-state index in [9.17, 15) is 0 Å². The van der Waals surface area contributed by atoms with Gasteiger partial charge in [0.25, 0.3) is 0 Å². The van der Waals surface area contributed by atoms with Crippen LogP contribution in [0.4, 0.5) is 0 Å². The Balaban J connectivity index is 1.84. The summed E-state index contributed by atoms with van der Waals surface area (Å²) in [6, 6.07) is 0. The molecule has 4 heteroatoms. The lowest BCUT2D eigenvalue weighted by atomic mass is 10.2. The summed E-state index contributed by atoms with van der Waals surface area (Å²) in [7, 11) is 0. The van der Waals surface area contributed by atoms with Gasteiger partial charge in [-0.05, 0) is 31.6 Å². The Labute approximate surface area is 105 Å². The van der Waals surface area contributed by atoms with Crippen LogP contribution >= 0.6 is 11.6 Å². The number of nitrogens with zero attached hydrogens (tertiary/aromatic N) is 3. The Hall–Kier alpha value is -0.960. The Morgan fingerprint density at radius 3 is 2.71 bits per heavy atom. The van der Waals surface area contributed by atoms with Crippen molar-refractivity contribution in [1.29, 1.82) is 0 Å². The van der Waals surface area contributed by atoms with Crippen molar-refractivity contribution in [3.05, 3.63) is 23.7 Å². The minimum atomic E-state index is 0.587. The molecule has 2 fully saturated rings. The highest BCUT2D eigenvalue weighted by Gasteiger charge is 2.31. The highest BCUT2D eigenvalue weighted by atomic mass is 35.5. The van der Waals surface area contributed by atoms with Crippen LogP contribution in [0.1, 0.15) is 42.9 Å². The lowest BCUT2D eigenvalue weighted by Gasteiger charge is -2.03. The minimum absolute atomic E-state index is 0.587. The lowest BCUT2D eigenvalue weighted by Crippen LogP contribution is -1.99. The zero-order valence-corrected chi connectivity index (χ0v) is 10.5. The Bertz CT molecular complexity index is 560. The molecule has 0 aliphatic heterocycles. The first kappa shape index (κ1) is 10.0. The van der Waals surface area contributed by atoms with Crippen LogP contribution in [0, 0.1) is 5.92 Å². The molecule has 0 atom stereocenters. The predicted octanol–water partition coefficient (Wildman–Crippen LogP) is 3.16. The van der Waals surface area contributed by atoms with Crippen molar-refractivity contribution in [3.8, 4) is 0 Å². The second-order valence-electron chi connectivity index (χ2n) is 5.43. The molecule has 4 rings (SSSR count). The number of imidazole rings is 1. The van der Waals surface area contributed by atoms with Gasteiger partial charge in [-0.1, -0.05) is 0 Å². The third kappa shape index (κ3) is 1.60. The fourth-order valence-corrected chi connectivity index (χ4v) is 2.90. The zero-order chi connectivity index (χ0) is 11.4. The summed E-state index contributed by atoms with van der Waals surface area (Å²) in [6.07, 6.45) is 9.54. The monoisotopic (exact) mass is 249 g/mol. The minimum Gasteiger partial charge on any atom is -0.331 e. The van der Waals surface area contributed by atoms with Crippen molar-refractivity contribution < 1.29 is 0 Å². The molecule has 17 heavy (non-hydrogen) atoms. The number of hydrogen-bond donors (Lipinski definition) is 0. The maximum Gasteiger partial charge on any atom is 0.140 e. The maximum absolute atomic E-state index is 6.14. The van der Waals surface area contributed by atoms with Gasteiger partial charge in [0.2, 0.25) is 0 Å². The normalized spacial score (nSPS) is 20.3. The van der Waals surface area contributed by atoms with Gasteiger partial charge in [-0.15, -0.1) is 11.6 Å². The molecule has 2 aromatic rings. The van der Waals surface area contributed by atoms with Crippen molar-refractivity contribution in [2.24, 2.45) is 5.92 Å². The molecule has 0 N–H and O–H groups in total. The number of rotatable bonds is 4. The molecule has 0 unspecified atom stereocenters. The smallest absolute Gasteiger partial charge is 0.140 e. The van der Waals surface area contributed by atoms with Crippen molar-refractivity contribution in [2.45, 2.75) is 44.0 Å². The molecule has 90 valence electrons. The van der Waals surface area contributed by atoms with E-state index in [1.54, 1.807) is 0 Å². The van der Waals surface area contributed by atoms with Crippen LogP contribution in [0.5, 0.6) is 0 Å². The summed E-state index contributed by atoms with van der Waals surface area (Å²) in [5, 5.41) is 4.71. The Morgan fingerprint density at radius 1 is 1.24 bits per heavy atom. The van der Waals surface area contributed by atoms with Gasteiger partial charge in [0, 0.05) is 30.4 Å². The van der Waals surface area contributed by atoms with E-state index in [4.69, 9.17) is 16.7 Å². The van der Waals surface area contributed by atoms with Crippen LogP contribution in [0.3, 0.4) is 0 Å². The fourth-order valence-electron chi connectivity index (χ4n) is 2.64. The summed E-state index contributed by atoms with van der Waals surface area (Å²) in [5.41, 5.74) is 3.74. The van der Waals surface area contributed by atoms with Gasteiger partial charge in [-0.2, -0.15) is 5.10 Å². The quantitative estimate of drug-likeness (QED) is 0.763. The maximum atomic E-state index is 6.14. The first-order chi connectivity index (χ1) is 8.36. The SMILES string of the molecule is ClCc1c(C2CC2)nn2ccn(CC3CC3)c12. The van der Waals surface area contributed by atoms with Crippen LogP contribution in [-0.2, 0) is 12.4 Å². The average Bonchev–Trinajstić information content (AvgIpc) is 3.23. The second kappa shape index (κ2) is 3.52. The zero-order valence-electron chi connectivity index (χ0n) is 9.77. The van der Waals surface area contributed by atoms with E-state index in [0.29, 0.717) is 11.8 Å². The van der Waals surface area contributed by atoms with Crippen LogP contribution < -0.4 is 0 Å². The molecule has 3 nitrogen and oxygen atoms in total. The third-order valence-corrected chi connectivity index (χ3v) is 4.19. The van der Waals surface area contributed by atoms with Crippen LogP contribution in [0.2, 0.25) is 0 Å². The van der Waals surface area contributed by atoms with Crippen molar-refractivity contribution in [2.75, 3.05) is 0 Å². The third-order valence-electron chi connectivity index (χ3n) is 3.92. The van der Waals surface area contributed by atoms with E-state index in [1.165, 1.54) is 42.6 Å². The number of hydrogen-bond acceptors (Lipinski definition) is 1. The largest absolute Gasteiger partial charge is 0.331 e. The van der Waals surface area contributed by atoms with Gasteiger partial charge in [-0.25, -0.2) is 4.52 Å². The van der Waals surface area contributed by atoms with E-state index in [-0.39, 0.29) is 0 Å². The first-order valence-corrected chi connectivity index (χ1v) is 7.02. The summed E-state index contributed by atoms with van der Waals surface area (Å²) < 4.78 is 4.36. The Morgan fingerprint density at radius 2 is 2.06 bits per heavy atom. The van der Waals surface area contributed by atoms with Crippen molar-refractivity contribution in [3.63, 3.8) is 0 Å². The van der Waals surface area contributed by atoms with Crippen molar-refractivity contribution >= 4 is 17.2 Å². The molecule has 2 aliphatic carbocycles. The molecular weight excluding hydrogens is 234 g/mol. The highest BCUT2D eigenvalue weighted by Crippen LogP contribution is 2.42. The van der Waals surface area contributed by atoms with E-state index >= 15 is 0 Å². The number of fused-ring (bicyclic) bond motifs is 1. The number of alkyl halides is 1. The molecule has 2 saturated carbocycles. The molecule has 0 aromatic carbocycles. The van der Waals surface area contributed by atoms with Gasteiger partial charge >= 0.3 is 0 Å². The van der Waals surface area contributed by atoms with E-state index in [1.807, 2.05) is 4.52 Å². The standard InChI is InChI=1S/C13H16ClN3/c14-7-11-12(10-3-4-10)15-17-6-5-16(13(11)17)8-9-1-2-9/h5-6,9-10H,1-4,7-8H2. The second-order valence-corrected chi connectivity index (χ2v) is 5.70. The summed E-state index contributed by atoms with van der Waals surface area (Å²) in [5.74, 6) is 2.15. The van der Waals surface area contributed by atoms with Gasteiger partial charge in [0.15, 0.2) is 0 Å². The molecule has 0 radical (unpaired) electrons. The van der Waals surface area contributed by atoms with Gasteiger partial charge in [0.1, 0.15) is 5.65 Å². The molecule has 2 aliphatic rings. The van der Waals surface area contributed by atoms with Crippen LogP contribution in [0.15, 0.2) is 12.4 Å². The number of halogens is 1. The first-order valence-electron chi connectivity index (χ1n) is 6.49. The molecule has 0 saturated heterocycles. The predicted molar refractivity (Wildman–Crippen MR) is 67.4 cm³/mol. The van der Waals surface area contributed by atoms with Crippen LogP contribution in [-0.4, -0.2) is 14.2 Å². The molecule has 2 aromatic heterocycles. The highest BCUT2D eigenvalue weighted by molar-refractivity contribution is 6.17. The summed E-state index contributed by atoms with van der Waals surface area (Å²) in [4.78, 5) is 0. The summed E-state index contributed by atoms with van der Waals surface area (Å²) in [6.45, 7) is 1.14. The summed E-state index contributed by atoms with van der Waals surface area (Å²) >= 11 is 6.14. The van der Waals surface area contributed by atoms with Crippen molar-refractivity contribution in [1.82, 2.24) is 14.2 Å². The van der Waals surface area contributed by atoms with Gasteiger partial charge in [0.05, 0.1) is 11.6 Å². The molecule has 0 amide bonds. The van der Waals surface area contributed by atoms with Gasteiger partial charge in [-0.3, -0.25) is 0 Å². The Kier molecular flexibility index (Phi) is 2.07. The molecule has 2 heterocycles. The topological polar surface area (TPSA) is 22.2 Å². The molecule has 0 bridgehead atoms. The average molecular weight is 250 g/mol. The van der Waals surface area contributed by atoms with Gasteiger partial charge < -0.3 is 4.57 Å². The molecular formula is C13H16ClN3.